The Balaban J connectivity index is 1.74. The lowest BCUT2D eigenvalue weighted by molar-refractivity contribution is 0.0696. The summed E-state index contributed by atoms with van der Waals surface area (Å²) in [5.41, 5.74) is 3.12. The number of anilines is 1. The van der Waals surface area contributed by atoms with Crippen molar-refractivity contribution < 1.29 is 23.1 Å². The zero-order chi connectivity index (χ0) is 24.3. The quantitative estimate of drug-likeness (QED) is 0.629. The molecule has 0 aromatic heterocycles. The van der Waals surface area contributed by atoms with Crippen LogP contribution in [0, 0.1) is 17.8 Å². The van der Waals surface area contributed by atoms with Crippen LogP contribution in [0.25, 0.3) is 0 Å². The number of ether oxygens (including phenoxy) is 1. The summed E-state index contributed by atoms with van der Waals surface area (Å²) in [5, 5.41) is 9.82. The predicted molar refractivity (Wildman–Crippen MR) is 132 cm³/mol. The summed E-state index contributed by atoms with van der Waals surface area (Å²) in [5.74, 6) is 5.08. The van der Waals surface area contributed by atoms with E-state index < -0.39 is 16.0 Å². The number of aromatic carboxylic acids is 1. The van der Waals surface area contributed by atoms with Gasteiger partial charge in [0.2, 0.25) is 0 Å². The van der Waals surface area contributed by atoms with Gasteiger partial charge in [0.25, 0.3) is 10.0 Å². The molecule has 2 aromatic carbocycles. The number of fused-ring (bicyclic) bond motifs is 1. The number of hydrogen-bond acceptors (Lipinski definition) is 4. The van der Waals surface area contributed by atoms with Gasteiger partial charge in [-0.3, -0.25) is 4.31 Å². The molecular weight excluding hydrogens is 450 g/mol. The van der Waals surface area contributed by atoms with Crippen LogP contribution in [0.4, 0.5) is 5.69 Å². The molecule has 0 aliphatic carbocycles. The van der Waals surface area contributed by atoms with Gasteiger partial charge in [-0.05, 0) is 73.9 Å². The molecule has 1 fully saturated rings. The molecule has 1 saturated heterocycles. The molecule has 1 unspecified atom stereocenters. The van der Waals surface area contributed by atoms with Gasteiger partial charge in [-0.2, -0.15) is 0 Å². The first-order valence-electron chi connectivity index (χ1n) is 12.0. The van der Waals surface area contributed by atoms with E-state index in [1.54, 1.807) is 0 Å². The van der Waals surface area contributed by atoms with Gasteiger partial charge in [-0.15, -0.1) is 0 Å². The lowest BCUT2D eigenvalue weighted by atomic mass is 9.94. The fourth-order valence-corrected chi connectivity index (χ4v) is 6.53. The van der Waals surface area contributed by atoms with Crippen LogP contribution in [0.15, 0.2) is 41.3 Å². The van der Waals surface area contributed by atoms with E-state index >= 15 is 0 Å². The third kappa shape index (κ3) is 4.84. The predicted octanol–water partition coefficient (Wildman–Crippen LogP) is 4.65. The van der Waals surface area contributed by atoms with E-state index in [0.717, 1.165) is 37.7 Å². The van der Waals surface area contributed by atoms with Crippen molar-refractivity contribution in [1.82, 2.24) is 0 Å². The molecule has 0 bridgehead atoms. The van der Waals surface area contributed by atoms with Crippen molar-refractivity contribution in [2.45, 2.75) is 63.3 Å². The lowest BCUT2D eigenvalue weighted by Crippen LogP contribution is -2.43. The number of carbonyl (C=O) groups is 1. The van der Waals surface area contributed by atoms with Crippen LogP contribution in [0.2, 0.25) is 0 Å². The fraction of sp³-hybridized carbons (Fsp3) is 0.444. The molecule has 0 saturated carbocycles. The SMILES string of the molecule is CCc1ccc2c(c1)CCC(CC)N2S(=O)(=O)c1ccc(C#CC2CCOCC2)c(C(=O)O)c1. The minimum Gasteiger partial charge on any atom is -0.478 e. The molecule has 2 aliphatic heterocycles. The maximum Gasteiger partial charge on any atom is 0.337 e. The highest BCUT2D eigenvalue weighted by Crippen LogP contribution is 2.37. The summed E-state index contributed by atoms with van der Waals surface area (Å²) in [4.78, 5) is 12.0. The number of hydrogen-bond donors (Lipinski definition) is 1. The van der Waals surface area contributed by atoms with E-state index in [1.165, 1.54) is 28.1 Å². The second-order valence-electron chi connectivity index (χ2n) is 8.89. The number of sulfonamides is 1. The van der Waals surface area contributed by atoms with Crippen LogP contribution < -0.4 is 4.31 Å². The van der Waals surface area contributed by atoms with Crippen LogP contribution in [0.5, 0.6) is 0 Å². The molecule has 6 nitrogen and oxygen atoms in total. The second-order valence-corrected chi connectivity index (χ2v) is 10.7. The van der Waals surface area contributed by atoms with Gasteiger partial charge >= 0.3 is 5.97 Å². The number of nitrogens with zero attached hydrogens (tertiary/aromatic N) is 1. The second kappa shape index (κ2) is 10.2. The van der Waals surface area contributed by atoms with Crippen LogP contribution in [0.1, 0.15) is 66.6 Å². The summed E-state index contributed by atoms with van der Waals surface area (Å²) in [7, 11) is -3.96. The van der Waals surface area contributed by atoms with Crippen molar-refractivity contribution in [3.8, 4) is 11.8 Å². The highest BCUT2D eigenvalue weighted by molar-refractivity contribution is 7.92. The highest BCUT2D eigenvalue weighted by atomic mass is 32.2. The molecule has 2 heterocycles. The molecular formula is C27H31NO5S. The molecule has 1 atom stereocenters. The maximum atomic E-state index is 13.8. The van der Waals surface area contributed by atoms with Gasteiger partial charge < -0.3 is 9.84 Å². The van der Waals surface area contributed by atoms with Gasteiger partial charge in [0, 0.05) is 30.7 Å². The first-order valence-corrected chi connectivity index (χ1v) is 13.4. The van der Waals surface area contributed by atoms with Crippen molar-refractivity contribution in [3.05, 3.63) is 58.7 Å². The normalized spacial score (nSPS) is 18.6. The van der Waals surface area contributed by atoms with Gasteiger partial charge in [0.05, 0.1) is 16.1 Å². The Labute approximate surface area is 202 Å². The van der Waals surface area contributed by atoms with E-state index in [4.69, 9.17) is 4.74 Å². The molecule has 0 amide bonds. The van der Waals surface area contributed by atoms with E-state index in [2.05, 4.69) is 24.8 Å². The first kappa shape index (κ1) is 24.3. The van der Waals surface area contributed by atoms with E-state index in [-0.39, 0.29) is 22.4 Å². The zero-order valence-electron chi connectivity index (χ0n) is 19.7. The first-order chi connectivity index (χ1) is 16.3. The number of rotatable bonds is 5. The van der Waals surface area contributed by atoms with E-state index in [9.17, 15) is 18.3 Å². The smallest absolute Gasteiger partial charge is 0.337 e. The molecule has 7 heteroatoms. The number of benzene rings is 2. The summed E-state index contributed by atoms with van der Waals surface area (Å²) >= 11 is 0. The molecule has 180 valence electrons. The minimum absolute atomic E-state index is 0.0209. The van der Waals surface area contributed by atoms with Crippen molar-refractivity contribution in [1.29, 1.82) is 0 Å². The Hall–Kier alpha value is -2.82. The monoisotopic (exact) mass is 481 g/mol. The van der Waals surface area contributed by atoms with Gasteiger partial charge in [0.1, 0.15) is 0 Å². The summed E-state index contributed by atoms with van der Waals surface area (Å²) < 4.78 is 34.5. The van der Waals surface area contributed by atoms with Gasteiger partial charge in [-0.25, -0.2) is 13.2 Å². The number of aryl methyl sites for hydroxylation is 2. The van der Waals surface area contributed by atoms with Crippen molar-refractivity contribution in [2.24, 2.45) is 5.92 Å². The summed E-state index contributed by atoms with van der Waals surface area (Å²) in [6.07, 6.45) is 4.75. The molecule has 2 aliphatic rings. The Morgan fingerprint density at radius 1 is 1.12 bits per heavy atom. The minimum atomic E-state index is -3.96. The Kier molecular flexibility index (Phi) is 7.30. The van der Waals surface area contributed by atoms with E-state index in [0.29, 0.717) is 30.9 Å². The Morgan fingerprint density at radius 2 is 1.88 bits per heavy atom. The highest BCUT2D eigenvalue weighted by Gasteiger charge is 2.35. The van der Waals surface area contributed by atoms with Gasteiger partial charge in [0.15, 0.2) is 0 Å². The zero-order valence-corrected chi connectivity index (χ0v) is 20.5. The van der Waals surface area contributed by atoms with Crippen molar-refractivity contribution in [3.63, 3.8) is 0 Å². The van der Waals surface area contributed by atoms with Crippen molar-refractivity contribution >= 4 is 21.7 Å². The standard InChI is InChI=1S/C27H31NO5S/c1-3-19-6-12-26-22(17-19)8-10-23(4-2)28(26)34(31,32)24-11-9-21(25(18-24)27(29)30)7-5-20-13-15-33-16-14-20/h6,9,11-12,17-18,20,23H,3-4,8,10,13-16H2,1-2H3,(H,29,30). The molecule has 0 radical (unpaired) electrons. The van der Waals surface area contributed by atoms with Crippen molar-refractivity contribution in [2.75, 3.05) is 17.5 Å². The Bertz CT molecular complexity index is 1240. The molecule has 2 aromatic rings. The summed E-state index contributed by atoms with van der Waals surface area (Å²) in [6, 6.07) is 10.0. The molecule has 0 spiro atoms. The van der Waals surface area contributed by atoms with Crippen LogP contribution in [-0.4, -0.2) is 38.7 Å². The van der Waals surface area contributed by atoms with Crippen LogP contribution in [-0.2, 0) is 27.6 Å². The molecule has 1 N–H and O–H groups in total. The summed E-state index contributed by atoms with van der Waals surface area (Å²) in [6.45, 7) is 5.36. The maximum absolute atomic E-state index is 13.8. The fourth-order valence-electron chi connectivity index (χ4n) is 4.71. The molecule has 4 rings (SSSR count). The lowest BCUT2D eigenvalue weighted by Gasteiger charge is -2.37. The topological polar surface area (TPSA) is 83.9 Å². The van der Waals surface area contributed by atoms with E-state index in [1.807, 2.05) is 19.1 Å². The third-order valence-electron chi connectivity index (χ3n) is 6.75. The van der Waals surface area contributed by atoms with Gasteiger partial charge in [-0.1, -0.05) is 37.8 Å². The van der Waals surface area contributed by atoms with Crippen LogP contribution >= 0.6 is 0 Å². The molecule has 34 heavy (non-hydrogen) atoms. The average molecular weight is 482 g/mol. The number of carboxylic acid groups (broad SMARTS) is 1. The average Bonchev–Trinajstić information content (AvgIpc) is 2.86. The number of carboxylic acids is 1. The third-order valence-corrected chi connectivity index (χ3v) is 8.61. The van der Waals surface area contributed by atoms with Crippen LogP contribution in [0.3, 0.4) is 0 Å². The Morgan fingerprint density at radius 3 is 2.56 bits per heavy atom. The largest absolute Gasteiger partial charge is 0.478 e.